The second kappa shape index (κ2) is 5.21. The van der Waals surface area contributed by atoms with E-state index in [1.165, 1.54) is 18.2 Å². The first-order valence-corrected chi connectivity index (χ1v) is 6.96. The van der Waals surface area contributed by atoms with Crippen molar-refractivity contribution in [3.05, 3.63) is 46.4 Å². The van der Waals surface area contributed by atoms with Gasteiger partial charge in [-0.05, 0) is 36.8 Å². The molecule has 0 aliphatic heterocycles. The number of hydrogen-bond donors (Lipinski definition) is 2. The maximum atomic E-state index is 9.50. The SMILES string of the molecule is Cc1ccc(-c2noc(-c3cc(O)cc(O)c3)n2)c(Br)c1. The molecular formula is C15H11BrN2O3. The molecule has 0 atom stereocenters. The fraction of sp³-hybridized carbons (Fsp3) is 0.0667. The highest BCUT2D eigenvalue weighted by molar-refractivity contribution is 9.10. The average molecular weight is 347 g/mol. The van der Waals surface area contributed by atoms with Gasteiger partial charge in [0.2, 0.25) is 5.82 Å². The Labute approximate surface area is 129 Å². The summed E-state index contributed by atoms with van der Waals surface area (Å²) in [5, 5.41) is 22.9. The molecule has 0 saturated carbocycles. The highest BCUT2D eigenvalue weighted by atomic mass is 79.9. The van der Waals surface area contributed by atoms with Crippen LogP contribution in [0.15, 0.2) is 45.4 Å². The molecule has 0 fully saturated rings. The zero-order valence-corrected chi connectivity index (χ0v) is 12.6. The summed E-state index contributed by atoms with van der Waals surface area (Å²) in [7, 11) is 0. The fourth-order valence-corrected chi connectivity index (χ4v) is 2.64. The number of aromatic hydroxyl groups is 2. The molecule has 1 aromatic heterocycles. The zero-order chi connectivity index (χ0) is 15.0. The molecule has 2 N–H and O–H groups in total. The van der Waals surface area contributed by atoms with Crippen molar-refractivity contribution in [3.63, 3.8) is 0 Å². The van der Waals surface area contributed by atoms with E-state index >= 15 is 0 Å². The van der Waals surface area contributed by atoms with Gasteiger partial charge in [0.05, 0.1) is 0 Å². The minimum Gasteiger partial charge on any atom is -0.508 e. The Morgan fingerprint density at radius 1 is 1.05 bits per heavy atom. The number of aryl methyl sites for hydroxylation is 1. The molecule has 0 saturated heterocycles. The van der Waals surface area contributed by atoms with Gasteiger partial charge < -0.3 is 14.7 Å². The van der Waals surface area contributed by atoms with Gasteiger partial charge in [-0.1, -0.05) is 27.2 Å². The number of rotatable bonds is 2. The van der Waals surface area contributed by atoms with E-state index in [2.05, 4.69) is 26.1 Å². The third-order valence-electron chi connectivity index (χ3n) is 2.94. The lowest BCUT2D eigenvalue weighted by Gasteiger charge is -2.00. The van der Waals surface area contributed by atoms with Crippen molar-refractivity contribution in [1.29, 1.82) is 0 Å². The standard InChI is InChI=1S/C15H11BrN2O3/c1-8-2-3-12(13(16)4-8)14-17-15(21-18-14)9-5-10(19)7-11(20)6-9/h2-7,19-20H,1H3. The monoisotopic (exact) mass is 346 g/mol. The van der Waals surface area contributed by atoms with Crippen molar-refractivity contribution in [2.45, 2.75) is 6.92 Å². The number of hydrogen-bond acceptors (Lipinski definition) is 5. The lowest BCUT2D eigenvalue weighted by atomic mass is 10.1. The summed E-state index contributed by atoms with van der Waals surface area (Å²) in [4.78, 5) is 4.29. The van der Waals surface area contributed by atoms with Gasteiger partial charge >= 0.3 is 0 Å². The summed E-state index contributed by atoms with van der Waals surface area (Å²) >= 11 is 3.47. The normalized spacial score (nSPS) is 10.8. The molecule has 21 heavy (non-hydrogen) atoms. The lowest BCUT2D eigenvalue weighted by Crippen LogP contribution is -1.84. The Balaban J connectivity index is 2.03. The van der Waals surface area contributed by atoms with Crippen molar-refractivity contribution < 1.29 is 14.7 Å². The second-order valence-electron chi connectivity index (χ2n) is 4.64. The van der Waals surface area contributed by atoms with Crippen LogP contribution in [0, 0.1) is 6.92 Å². The predicted molar refractivity (Wildman–Crippen MR) is 80.9 cm³/mol. The number of phenolic OH excluding ortho intramolecular Hbond substituents is 2. The van der Waals surface area contributed by atoms with Gasteiger partial charge in [-0.25, -0.2) is 0 Å². The van der Waals surface area contributed by atoms with Gasteiger partial charge in [0.15, 0.2) is 0 Å². The molecule has 1 heterocycles. The average Bonchev–Trinajstić information content (AvgIpc) is 2.87. The van der Waals surface area contributed by atoms with Crippen molar-refractivity contribution in [2.24, 2.45) is 0 Å². The first-order valence-electron chi connectivity index (χ1n) is 6.16. The van der Waals surface area contributed by atoms with Gasteiger partial charge in [-0.2, -0.15) is 4.98 Å². The molecular weight excluding hydrogens is 336 g/mol. The van der Waals surface area contributed by atoms with Crippen LogP contribution in [0.1, 0.15) is 5.56 Å². The van der Waals surface area contributed by atoms with Crippen molar-refractivity contribution >= 4 is 15.9 Å². The van der Waals surface area contributed by atoms with Gasteiger partial charge in [0, 0.05) is 21.7 Å². The highest BCUT2D eigenvalue weighted by Crippen LogP contribution is 2.31. The molecule has 0 radical (unpaired) electrons. The number of halogens is 1. The van der Waals surface area contributed by atoms with Crippen LogP contribution in [0.2, 0.25) is 0 Å². The zero-order valence-electron chi connectivity index (χ0n) is 11.0. The maximum Gasteiger partial charge on any atom is 0.258 e. The van der Waals surface area contributed by atoms with E-state index in [9.17, 15) is 10.2 Å². The summed E-state index contributed by atoms with van der Waals surface area (Å²) in [6.45, 7) is 1.99. The summed E-state index contributed by atoms with van der Waals surface area (Å²) in [5.41, 5.74) is 2.38. The molecule has 0 bridgehead atoms. The van der Waals surface area contributed by atoms with Crippen LogP contribution in [0.4, 0.5) is 0 Å². The molecule has 0 unspecified atom stereocenters. The van der Waals surface area contributed by atoms with E-state index in [1.807, 2.05) is 25.1 Å². The number of aromatic nitrogens is 2. The minimum atomic E-state index is -0.0683. The molecule has 0 amide bonds. The Bertz CT molecular complexity index is 794. The van der Waals surface area contributed by atoms with E-state index in [0.29, 0.717) is 11.4 Å². The lowest BCUT2D eigenvalue weighted by molar-refractivity contribution is 0.428. The summed E-state index contributed by atoms with van der Waals surface area (Å²) in [5.74, 6) is 0.519. The first kappa shape index (κ1) is 13.6. The molecule has 2 aromatic carbocycles. The smallest absolute Gasteiger partial charge is 0.258 e. The van der Waals surface area contributed by atoms with E-state index in [1.54, 1.807) is 0 Å². The predicted octanol–water partition coefficient (Wildman–Crippen LogP) is 3.89. The van der Waals surface area contributed by atoms with E-state index in [4.69, 9.17) is 4.52 Å². The van der Waals surface area contributed by atoms with Crippen molar-refractivity contribution in [1.82, 2.24) is 10.1 Å². The summed E-state index contributed by atoms with van der Waals surface area (Å²) in [6.07, 6.45) is 0. The highest BCUT2D eigenvalue weighted by Gasteiger charge is 2.14. The van der Waals surface area contributed by atoms with Crippen LogP contribution in [-0.4, -0.2) is 20.4 Å². The second-order valence-corrected chi connectivity index (χ2v) is 5.50. The van der Waals surface area contributed by atoms with Gasteiger partial charge in [0.1, 0.15) is 11.5 Å². The number of phenols is 2. The first-order chi connectivity index (χ1) is 10.0. The van der Waals surface area contributed by atoms with Crippen LogP contribution in [0.3, 0.4) is 0 Å². The molecule has 0 aliphatic carbocycles. The van der Waals surface area contributed by atoms with Crippen molar-refractivity contribution in [2.75, 3.05) is 0 Å². The van der Waals surface area contributed by atoms with Gasteiger partial charge in [-0.15, -0.1) is 0 Å². The molecule has 3 aromatic rings. The molecule has 0 aliphatic rings. The summed E-state index contributed by atoms with van der Waals surface area (Å²) in [6, 6.07) is 9.94. The van der Waals surface area contributed by atoms with Gasteiger partial charge in [0.25, 0.3) is 5.89 Å². The topological polar surface area (TPSA) is 79.4 Å². The Kier molecular flexibility index (Phi) is 3.39. The van der Waals surface area contributed by atoms with Crippen LogP contribution < -0.4 is 0 Å². The van der Waals surface area contributed by atoms with E-state index in [-0.39, 0.29) is 17.4 Å². The fourth-order valence-electron chi connectivity index (χ4n) is 1.97. The Morgan fingerprint density at radius 3 is 2.43 bits per heavy atom. The van der Waals surface area contributed by atoms with E-state index < -0.39 is 0 Å². The third-order valence-corrected chi connectivity index (χ3v) is 3.60. The van der Waals surface area contributed by atoms with Gasteiger partial charge in [-0.3, -0.25) is 0 Å². The van der Waals surface area contributed by atoms with Crippen LogP contribution in [-0.2, 0) is 0 Å². The van der Waals surface area contributed by atoms with Crippen LogP contribution in [0.25, 0.3) is 22.8 Å². The molecule has 6 heteroatoms. The Morgan fingerprint density at radius 2 is 1.76 bits per heavy atom. The molecule has 0 spiro atoms. The number of nitrogens with zero attached hydrogens (tertiary/aromatic N) is 2. The Hall–Kier alpha value is -2.34. The van der Waals surface area contributed by atoms with E-state index in [0.717, 1.165) is 15.6 Å². The molecule has 5 nitrogen and oxygen atoms in total. The number of benzene rings is 2. The van der Waals surface area contributed by atoms with Crippen molar-refractivity contribution in [3.8, 4) is 34.3 Å². The third kappa shape index (κ3) is 2.75. The van der Waals surface area contributed by atoms with Crippen LogP contribution >= 0.6 is 15.9 Å². The minimum absolute atomic E-state index is 0.0683. The molecule has 3 rings (SSSR count). The largest absolute Gasteiger partial charge is 0.508 e. The van der Waals surface area contributed by atoms with Crippen LogP contribution in [0.5, 0.6) is 11.5 Å². The quantitative estimate of drug-likeness (QED) is 0.735. The maximum absolute atomic E-state index is 9.50. The summed E-state index contributed by atoms with van der Waals surface area (Å²) < 4.78 is 6.07. The molecule has 106 valence electrons.